The standard InChI is InChI=1S/C18H14ClF3N2O2/c19-15-7-6-11(18(20,21)22)9-14(15)17(26)23-12-3-1-4-13(10-12)24-8-2-5-16(24)25/h1,3-4,6-7,9-10H,2,5,8H2,(H,23,26). The lowest BCUT2D eigenvalue weighted by Crippen LogP contribution is -2.23. The minimum absolute atomic E-state index is 0.00519. The molecule has 0 unspecified atom stereocenters. The summed E-state index contributed by atoms with van der Waals surface area (Å²) in [4.78, 5) is 25.8. The number of carbonyl (C=O) groups is 2. The van der Waals surface area contributed by atoms with E-state index in [-0.39, 0.29) is 16.5 Å². The molecule has 4 nitrogen and oxygen atoms in total. The van der Waals surface area contributed by atoms with Crippen molar-refractivity contribution in [1.29, 1.82) is 0 Å². The van der Waals surface area contributed by atoms with Gasteiger partial charge in [-0.3, -0.25) is 9.59 Å². The van der Waals surface area contributed by atoms with Crippen LogP contribution < -0.4 is 10.2 Å². The molecular formula is C18H14ClF3N2O2. The maximum Gasteiger partial charge on any atom is 0.416 e. The largest absolute Gasteiger partial charge is 0.416 e. The Balaban J connectivity index is 1.83. The van der Waals surface area contributed by atoms with E-state index in [0.717, 1.165) is 18.6 Å². The van der Waals surface area contributed by atoms with Crippen molar-refractivity contribution in [2.75, 3.05) is 16.8 Å². The first-order valence-corrected chi connectivity index (χ1v) is 8.22. The van der Waals surface area contributed by atoms with E-state index in [9.17, 15) is 22.8 Å². The van der Waals surface area contributed by atoms with Gasteiger partial charge in [0.1, 0.15) is 0 Å². The second-order valence-electron chi connectivity index (χ2n) is 5.85. The third-order valence-electron chi connectivity index (χ3n) is 4.03. The molecule has 0 spiro atoms. The van der Waals surface area contributed by atoms with Gasteiger partial charge in [0.2, 0.25) is 5.91 Å². The molecule has 8 heteroatoms. The van der Waals surface area contributed by atoms with Gasteiger partial charge in [0.05, 0.1) is 16.1 Å². The SMILES string of the molecule is O=C(Nc1cccc(N2CCCC2=O)c1)c1cc(C(F)(F)F)ccc1Cl. The molecule has 0 aliphatic carbocycles. The molecule has 26 heavy (non-hydrogen) atoms. The number of nitrogens with one attached hydrogen (secondary N) is 1. The summed E-state index contributed by atoms with van der Waals surface area (Å²) in [5.74, 6) is -0.764. The highest BCUT2D eigenvalue weighted by Gasteiger charge is 2.31. The predicted octanol–water partition coefficient (Wildman–Crippen LogP) is 4.74. The average molecular weight is 383 g/mol. The van der Waals surface area contributed by atoms with Crippen LogP contribution in [0.1, 0.15) is 28.8 Å². The Morgan fingerprint density at radius 1 is 1.15 bits per heavy atom. The van der Waals surface area contributed by atoms with Crippen molar-refractivity contribution in [1.82, 2.24) is 0 Å². The van der Waals surface area contributed by atoms with Crippen LogP contribution >= 0.6 is 11.6 Å². The van der Waals surface area contributed by atoms with Gasteiger partial charge in [0.15, 0.2) is 0 Å². The number of hydrogen-bond acceptors (Lipinski definition) is 2. The third kappa shape index (κ3) is 3.83. The maximum absolute atomic E-state index is 12.8. The van der Waals surface area contributed by atoms with Gasteiger partial charge in [-0.05, 0) is 42.8 Å². The minimum atomic E-state index is -4.57. The van der Waals surface area contributed by atoms with Crippen molar-refractivity contribution in [3.8, 4) is 0 Å². The van der Waals surface area contributed by atoms with Crippen LogP contribution in [-0.4, -0.2) is 18.4 Å². The number of anilines is 2. The highest BCUT2D eigenvalue weighted by atomic mass is 35.5. The second-order valence-corrected chi connectivity index (χ2v) is 6.25. The summed E-state index contributed by atoms with van der Waals surface area (Å²) in [5.41, 5.74) is -0.242. The lowest BCUT2D eigenvalue weighted by Gasteiger charge is -2.17. The first kappa shape index (κ1) is 18.3. The molecule has 1 fully saturated rings. The number of carbonyl (C=O) groups excluding carboxylic acids is 2. The number of halogens is 4. The predicted molar refractivity (Wildman–Crippen MR) is 92.4 cm³/mol. The number of rotatable bonds is 3. The Bertz CT molecular complexity index is 868. The van der Waals surface area contributed by atoms with Gasteiger partial charge in [-0.1, -0.05) is 17.7 Å². The Labute approximate surface area is 152 Å². The zero-order valence-electron chi connectivity index (χ0n) is 13.4. The van der Waals surface area contributed by atoms with E-state index in [2.05, 4.69) is 5.32 Å². The molecule has 3 rings (SSSR count). The van der Waals surface area contributed by atoms with E-state index < -0.39 is 17.6 Å². The Kier molecular flexibility index (Phi) is 4.91. The first-order chi connectivity index (χ1) is 12.3. The van der Waals surface area contributed by atoms with E-state index in [1.54, 1.807) is 29.2 Å². The first-order valence-electron chi connectivity index (χ1n) is 7.84. The summed E-state index contributed by atoms with van der Waals surface area (Å²) in [7, 11) is 0. The Morgan fingerprint density at radius 3 is 2.58 bits per heavy atom. The van der Waals surface area contributed by atoms with Crippen molar-refractivity contribution in [3.05, 3.63) is 58.6 Å². The smallest absolute Gasteiger partial charge is 0.322 e. The highest BCUT2D eigenvalue weighted by molar-refractivity contribution is 6.34. The molecule has 0 atom stereocenters. The number of benzene rings is 2. The Hall–Kier alpha value is -2.54. The van der Waals surface area contributed by atoms with Crippen molar-refractivity contribution >= 4 is 34.8 Å². The third-order valence-corrected chi connectivity index (χ3v) is 4.36. The van der Waals surface area contributed by atoms with Gasteiger partial charge >= 0.3 is 6.18 Å². The van der Waals surface area contributed by atoms with E-state index in [1.165, 1.54) is 0 Å². The van der Waals surface area contributed by atoms with Crippen LogP contribution in [0.4, 0.5) is 24.5 Å². The molecule has 2 amide bonds. The van der Waals surface area contributed by atoms with Gasteiger partial charge in [-0.2, -0.15) is 13.2 Å². The average Bonchev–Trinajstić information content (AvgIpc) is 3.00. The van der Waals surface area contributed by atoms with Gasteiger partial charge in [0.25, 0.3) is 5.91 Å². The van der Waals surface area contributed by atoms with Crippen molar-refractivity contribution in [2.45, 2.75) is 19.0 Å². The van der Waals surface area contributed by atoms with Crippen LogP contribution in [0.5, 0.6) is 0 Å². The van der Waals surface area contributed by atoms with E-state index >= 15 is 0 Å². The summed E-state index contributed by atoms with van der Waals surface area (Å²) in [6, 6.07) is 9.15. The monoisotopic (exact) mass is 382 g/mol. The molecular weight excluding hydrogens is 369 g/mol. The van der Waals surface area contributed by atoms with Crippen LogP contribution in [-0.2, 0) is 11.0 Å². The molecule has 0 bridgehead atoms. The molecule has 1 aliphatic rings. The second kappa shape index (κ2) is 6.99. The van der Waals surface area contributed by atoms with Crippen LogP contribution in [0, 0.1) is 0 Å². The topological polar surface area (TPSA) is 49.4 Å². The van der Waals surface area contributed by atoms with Crippen LogP contribution in [0.3, 0.4) is 0 Å². The highest BCUT2D eigenvalue weighted by Crippen LogP contribution is 2.32. The lowest BCUT2D eigenvalue weighted by molar-refractivity contribution is -0.137. The molecule has 0 saturated carbocycles. The summed E-state index contributed by atoms with van der Waals surface area (Å²) in [6.45, 7) is 0.593. The van der Waals surface area contributed by atoms with Crippen molar-refractivity contribution < 1.29 is 22.8 Å². The molecule has 1 aliphatic heterocycles. The summed E-state index contributed by atoms with van der Waals surface area (Å²) >= 11 is 5.88. The van der Waals surface area contributed by atoms with Gasteiger partial charge in [0, 0.05) is 24.3 Å². The minimum Gasteiger partial charge on any atom is -0.322 e. The normalized spacial score (nSPS) is 14.6. The van der Waals surface area contributed by atoms with E-state index in [4.69, 9.17) is 11.6 Å². The molecule has 1 heterocycles. The molecule has 2 aromatic carbocycles. The number of amides is 2. The zero-order valence-corrected chi connectivity index (χ0v) is 14.2. The maximum atomic E-state index is 12.8. The number of alkyl halides is 3. The summed E-state index contributed by atoms with van der Waals surface area (Å²) in [5, 5.41) is 2.45. The Morgan fingerprint density at radius 2 is 1.92 bits per heavy atom. The fourth-order valence-corrected chi connectivity index (χ4v) is 2.95. The quantitative estimate of drug-likeness (QED) is 0.833. The zero-order chi connectivity index (χ0) is 18.9. The van der Waals surface area contributed by atoms with E-state index in [1.807, 2.05) is 0 Å². The van der Waals surface area contributed by atoms with Gasteiger partial charge in [-0.25, -0.2) is 0 Å². The molecule has 0 radical (unpaired) electrons. The van der Waals surface area contributed by atoms with E-state index in [0.29, 0.717) is 30.4 Å². The van der Waals surface area contributed by atoms with Crippen LogP contribution in [0.15, 0.2) is 42.5 Å². The summed E-state index contributed by atoms with van der Waals surface area (Å²) in [6.07, 6.45) is -3.35. The lowest BCUT2D eigenvalue weighted by atomic mass is 10.1. The van der Waals surface area contributed by atoms with Crippen LogP contribution in [0.25, 0.3) is 0 Å². The number of hydrogen-bond donors (Lipinski definition) is 1. The molecule has 1 N–H and O–H groups in total. The van der Waals surface area contributed by atoms with Crippen molar-refractivity contribution in [2.24, 2.45) is 0 Å². The molecule has 2 aromatic rings. The van der Waals surface area contributed by atoms with Gasteiger partial charge in [-0.15, -0.1) is 0 Å². The van der Waals surface area contributed by atoms with Crippen molar-refractivity contribution in [3.63, 3.8) is 0 Å². The fourth-order valence-electron chi connectivity index (χ4n) is 2.75. The van der Waals surface area contributed by atoms with Crippen LogP contribution in [0.2, 0.25) is 5.02 Å². The molecule has 0 aromatic heterocycles. The molecule has 1 saturated heterocycles. The fraction of sp³-hybridized carbons (Fsp3) is 0.222. The number of nitrogens with zero attached hydrogens (tertiary/aromatic N) is 1. The molecule has 136 valence electrons. The summed E-state index contributed by atoms with van der Waals surface area (Å²) < 4.78 is 38.5. The van der Waals surface area contributed by atoms with Gasteiger partial charge < -0.3 is 10.2 Å².